The standard InChI is InChI=1S/C23H35N3O3/c1-23(2,3)29-22(28)26-15-11-19(12-16-26)21(27)24-17-20(25-13-7-8-14-25)18-9-5-4-6-10-18/h4-6,9-10,19-20H,7-8,11-17H2,1-3H3,(H,24,27). The van der Waals surface area contributed by atoms with Gasteiger partial charge in [0.1, 0.15) is 5.60 Å². The molecule has 1 unspecified atom stereocenters. The van der Waals surface area contributed by atoms with E-state index in [2.05, 4.69) is 34.5 Å². The molecule has 1 aromatic rings. The summed E-state index contributed by atoms with van der Waals surface area (Å²) in [6.45, 7) is 9.56. The first-order chi connectivity index (χ1) is 13.8. The number of rotatable bonds is 5. The Morgan fingerprint density at radius 1 is 1.07 bits per heavy atom. The van der Waals surface area contributed by atoms with Crippen molar-refractivity contribution >= 4 is 12.0 Å². The third-order valence-corrected chi connectivity index (χ3v) is 5.75. The maximum absolute atomic E-state index is 12.8. The van der Waals surface area contributed by atoms with Crippen LogP contribution in [-0.4, -0.2) is 60.1 Å². The SMILES string of the molecule is CC(C)(C)OC(=O)N1CCC(C(=O)NCC(c2ccccc2)N2CCCC2)CC1. The molecule has 0 bridgehead atoms. The van der Waals surface area contributed by atoms with Gasteiger partial charge in [-0.05, 0) is 65.1 Å². The van der Waals surface area contributed by atoms with Crippen molar-refractivity contribution in [3.8, 4) is 0 Å². The number of hydrogen-bond donors (Lipinski definition) is 1. The van der Waals surface area contributed by atoms with Crippen LogP contribution < -0.4 is 5.32 Å². The van der Waals surface area contributed by atoms with E-state index in [9.17, 15) is 9.59 Å². The maximum Gasteiger partial charge on any atom is 0.410 e. The summed E-state index contributed by atoms with van der Waals surface area (Å²) in [5.41, 5.74) is 0.766. The van der Waals surface area contributed by atoms with Crippen LogP contribution in [0.1, 0.15) is 58.1 Å². The summed E-state index contributed by atoms with van der Waals surface area (Å²) in [7, 11) is 0. The van der Waals surface area contributed by atoms with E-state index >= 15 is 0 Å². The van der Waals surface area contributed by atoms with Crippen LogP contribution in [0.4, 0.5) is 4.79 Å². The minimum atomic E-state index is -0.493. The van der Waals surface area contributed by atoms with Crippen LogP contribution in [0.5, 0.6) is 0 Å². The lowest BCUT2D eigenvalue weighted by atomic mass is 9.96. The number of nitrogens with one attached hydrogen (secondary N) is 1. The number of carbonyl (C=O) groups is 2. The Bertz CT molecular complexity index is 672. The van der Waals surface area contributed by atoms with Crippen LogP contribution in [0.2, 0.25) is 0 Å². The Hall–Kier alpha value is -2.08. The Kier molecular flexibility index (Phi) is 7.17. The summed E-state index contributed by atoms with van der Waals surface area (Å²) in [5, 5.41) is 3.19. The monoisotopic (exact) mass is 401 g/mol. The zero-order valence-electron chi connectivity index (χ0n) is 18.0. The van der Waals surface area contributed by atoms with Crippen LogP contribution in [0.15, 0.2) is 30.3 Å². The van der Waals surface area contributed by atoms with Crippen LogP contribution in [0, 0.1) is 5.92 Å². The van der Waals surface area contributed by atoms with Gasteiger partial charge in [0.15, 0.2) is 0 Å². The third-order valence-electron chi connectivity index (χ3n) is 5.75. The molecule has 0 spiro atoms. The highest BCUT2D eigenvalue weighted by molar-refractivity contribution is 5.79. The quantitative estimate of drug-likeness (QED) is 0.819. The minimum absolute atomic E-state index is 0.0383. The Morgan fingerprint density at radius 3 is 2.28 bits per heavy atom. The molecular formula is C23H35N3O3. The van der Waals surface area contributed by atoms with Gasteiger partial charge in [0.2, 0.25) is 5.91 Å². The molecule has 29 heavy (non-hydrogen) atoms. The summed E-state index contributed by atoms with van der Waals surface area (Å²) >= 11 is 0. The van der Waals surface area contributed by atoms with Gasteiger partial charge in [0.25, 0.3) is 0 Å². The molecule has 0 radical (unpaired) electrons. The van der Waals surface area contributed by atoms with Gasteiger partial charge in [-0.25, -0.2) is 4.79 Å². The van der Waals surface area contributed by atoms with Crippen LogP contribution in [0.25, 0.3) is 0 Å². The molecule has 2 aliphatic rings. The number of ether oxygens (including phenoxy) is 1. The predicted molar refractivity (Wildman–Crippen MR) is 114 cm³/mol. The summed E-state index contributed by atoms with van der Waals surface area (Å²) in [6.07, 6.45) is 3.53. The van der Waals surface area contributed by atoms with Gasteiger partial charge < -0.3 is 15.0 Å². The number of amides is 2. The fourth-order valence-corrected chi connectivity index (χ4v) is 4.18. The van der Waals surface area contributed by atoms with Crippen LogP contribution >= 0.6 is 0 Å². The Labute approximate surface area is 174 Å². The zero-order chi connectivity index (χ0) is 20.9. The van der Waals surface area contributed by atoms with Crippen molar-refractivity contribution in [2.75, 3.05) is 32.7 Å². The summed E-state index contributed by atoms with van der Waals surface area (Å²) in [4.78, 5) is 29.2. The molecule has 2 aliphatic heterocycles. The summed E-state index contributed by atoms with van der Waals surface area (Å²) in [6, 6.07) is 10.7. The van der Waals surface area contributed by atoms with E-state index in [-0.39, 0.29) is 24.0 Å². The van der Waals surface area contributed by atoms with Crippen LogP contribution in [-0.2, 0) is 9.53 Å². The van der Waals surface area contributed by atoms with Crippen molar-refractivity contribution in [2.45, 2.75) is 58.1 Å². The van der Waals surface area contributed by atoms with E-state index in [0.717, 1.165) is 13.1 Å². The average Bonchev–Trinajstić information content (AvgIpc) is 3.22. The van der Waals surface area contributed by atoms with Gasteiger partial charge in [-0.15, -0.1) is 0 Å². The highest BCUT2D eigenvalue weighted by Gasteiger charge is 2.31. The molecule has 1 N–H and O–H groups in total. The first-order valence-corrected chi connectivity index (χ1v) is 10.9. The summed E-state index contributed by atoms with van der Waals surface area (Å²) in [5.74, 6) is 0.0673. The van der Waals surface area contributed by atoms with Crippen molar-refractivity contribution in [1.82, 2.24) is 15.1 Å². The first-order valence-electron chi connectivity index (χ1n) is 10.9. The van der Waals surface area contributed by atoms with Gasteiger partial charge >= 0.3 is 6.09 Å². The van der Waals surface area contributed by atoms with Crippen molar-refractivity contribution < 1.29 is 14.3 Å². The molecule has 0 aliphatic carbocycles. The number of benzene rings is 1. The highest BCUT2D eigenvalue weighted by Crippen LogP contribution is 2.25. The lowest BCUT2D eigenvalue weighted by Gasteiger charge is -2.33. The molecule has 2 heterocycles. The molecular weight excluding hydrogens is 366 g/mol. The van der Waals surface area contributed by atoms with Crippen molar-refractivity contribution in [1.29, 1.82) is 0 Å². The molecule has 1 aromatic carbocycles. The summed E-state index contributed by atoms with van der Waals surface area (Å²) < 4.78 is 5.44. The van der Waals surface area contributed by atoms with Gasteiger partial charge in [-0.3, -0.25) is 9.69 Å². The van der Waals surface area contributed by atoms with Crippen molar-refractivity contribution in [2.24, 2.45) is 5.92 Å². The Morgan fingerprint density at radius 2 is 1.69 bits per heavy atom. The highest BCUT2D eigenvalue weighted by atomic mass is 16.6. The van der Waals surface area contributed by atoms with Gasteiger partial charge in [0, 0.05) is 25.6 Å². The molecule has 2 fully saturated rings. The fourth-order valence-electron chi connectivity index (χ4n) is 4.18. The van der Waals surface area contributed by atoms with E-state index in [1.807, 2.05) is 26.8 Å². The van der Waals surface area contributed by atoms with Crippen molar-refractivity contribution in [3.63, 3.8) is 0 Å². The van der Waals surface area contributed by atoms with Crippen molar-refractivity contribution in [3.05, 3.63) is 35.9 Å². The molecule has 2 amide bonds. The topological polar surface area (TPSA) is 61.9 Å². The number of carbonyl (C=O) groups excluding carboxylic acids is 2. The average molecular weight is 402 g/mol. The van der Waals surface area contributed by atoms with E-state index < -0.39 is 5.60 Å². The first kappa shape index (κ1) is 21.6. The molecule has 0 aromatic heterocycles. The minimum Gasteiger partial charge on any atom is -0.444 e. The number of hydrogen-bond acceptors (Lipinski definition) is 4. The smallest absolute Gasteiger partial charge is 0.410 e. The second-order valence-electron chi connectivity index (χ2n) is 9.16. The van der Waals surface area contributed by atoms with Gasteiger partial charge in [0.05, 0.1) is 6.04 Å². The van der Waals surface area contributed by atoms with E-state index in [1.165, 1.54) is 18.4 Å². The number of likely N-dealkylation sites (tertiary alicyclic amines) is 2. The zero-order valence-corrected chi connectivity index (χ0v) is 18.0. The van der Waals surface area contributed by atoms with Gasteiger partial charge in [-0.1, -0.05) is 30.3 Å². The largest absolute Gasteiger partial charge is 0.444 e. The lowest BCUT2D eigenvalue weighted by molar-refractivity contribution is -0.126. The van der Waals surface area contributed by atoms with E-state index in [0.29, 0.717) is 32.5 Å². The number of piperidine rings is 1. The molecule has 2 saturated heterocycles. The molecule has 6 nitrogen and oxygen atoms in total. The molecule has 0 saturated carbocycles. The molecule has 1 atom stereocenters. The molecule has 3 rings (SSSR count). The predicted octanol–water partition coefficient (Wildman–Crippen LogP) is 3.59. The normalized spacial score (nSPS) is 19.8. The number of nitrogens with zero attached hydrogens (tertiary/aromatic N) is 2. The van der Waals surface area contributed by atoms with Crippen LogP contribution in [0.3, 0.4) is 0 Å². The Balaban J connectivity index is 1.50. The second-order valence-corrected chi connectivity index (χ2v) is 9.16. The third kappa shape index (κ3) is 6.20. The van der Waals surface area contributed by atoms with E-state index in [4.69, 9.17) is 4.74 Å². The van der Waals surface area contributed by atoms with Gasteiger partial charge in [-0.2, -0.15) is 0 Å². The second kappa shape index (κ2) is 9.61. The van der Waals surface area contributed by atoms with E-state index in [1.54, 1.807) is 4.90 Å². The maximum atomic E-state index is 12.8. The fraction of sp³-hybridized carbons (Fsp3) is 0.652. The molecule has 160 valence electrons. The molecule has 6 heteroatoms. The lowest BCUT2D eigenvalue weighted by Crippen LogP contribution is -2.46.